The van der Waals surface area contributed by atoms with Gasteiger partial charge in [0, 0.05) is 17.8 Å². The summed E-state index contributed by atoms with van der Waals surface area (Å²) in [7, 11) is 0. The van der Waals surface area contributed by atoms with Crippen molar-refractivity contribution in [1.82, 2.24) is 14.8 Å². The Morgan fingerprint density at radius 2 is 2.46 bits per heavy atom. The van der Waals surface area contributed by atoms with E-state index in [1.807, 2.05) is 0 Å². The highest BCUT2D eigenvalue weighted by Crippen LogP contribution is 2.14. The van der Waals surface area contributed by atoms with Gasteiger partial charge in [-0.05, 0) is 6.92 Å². The third-order valence-corrected chi connectivity index (χ3v) is 2.24. The van der Waals surface area contributed by atoms with E-state index in [4.69, 9.17) is 0 Å². The molecule has 1 aliphatic heterocycles. The van der Waals surface area contributed by atoms with E-state index in [9.17, 15) is 10.1 Å². The number of nitrogens with zero attached hydrogens (tertiary/aromatic N) is 4. The molecule has 0 saturated carbocycles. The topological polar surface area (TPSA) is 73.8 Å². The average molecular weight is 182 g/mol. The average Bonchev–Trinajstić information content (AvgIpc) is 2.42. The maximum Gasteiger partial charge on any atom is 0.232 e. The summed E-state index contributed by atoms with van der Waals surface area (Å²) < 4.78 is 1.65. The summed E-state index contributed by atoms with van der Waals surface area (Å²) >= 11 is 0. The number of fused-ring (bicyclic) bond motifs is 1. The van der Waals surface area contributed by atoms with Crippen molar-refractivity contribution in [2.24, 2.45) is 0 Å². The SMILES string of the molecule is Cc1nc2n(n1)CC([N+](=O)[O-])CC2. The molecule has 0 aromatic carbocycles. The molecule has 0 fully saturated rings. The lowest BCUT2D eigenvalue weighted by Crippen LogP contribution is -2.31. The zero-order valence-corrected chi connectivity index (χ0v) is 7.30. The van der Waals surface area contributed by atoms with Crippen LogP contribution >= 0.6 is 0 Å². The normalized spacial score (nSPS) is 21.2. The largest absolute Gasteiger partial charge is 0.264 e. The lowest BCUT2D eigenvalue weighted by Gasteiger charge is -2.15. The van der Waals surface area contributed by atoms with Crippen molar-refractivity contribution >= 4 is 0 Å². The van der Waals surface area contributed by atoms with Crippen molar-refractivity contribution < 1.29 is 4.92 Å². The number of hydrogen-bond donors (Lipinski definition) is 0. The lowest BCUT2D eigenvalue weighted by atomic mass is 10.1. The van der Waals surface area contributed by atoms with Gasteiger partial charge in [-0.1, -0.05) is 0 Å². The smallest absolute Gasteiger partial charge is 0.232 e. The van der Waals surface area contributed by atoms with Gasteiger partial charge in [0.15, 0.2) is 0 Å². The molecule has 0 bridgehead atoms. The monoisotopic (exact) mass is 182 g/mol. The molecule has 6 nitrogen and oxygen atoms in total. The Kier molecular flexibility index (Phi) is 1.75. The molecule has 0 saturated heterocycles. The second-order valence-electron chi connectivity index (χ2n) is 3.24. The first kappa shape index (κ1) is 8.15. The Morgan fingerprint density at radius 3 is 3.15 bits per heavy atom. The van der Waals surface area contributed by atoms with Gasteiger partial charge in [0.25, 0.3) is 0 Å². The van der Waals surface area contributed by atoms with Gasteiger partial charge in [0.05, 0.1) is 0 Å². The number of aryl methyl sites for hydroxylation is 2. The molecular weight excluding hydrogens is 172 g/mol. The maximum atomic E-state index is 10.5. The van der Waals surface area contributed by atoms with Crippen molar-refractivity contribution in [3.05, 3.63) is 21.8 Å². The fourth-order valence-electron chi connectivity index (χ4n) is 1.59. The minimum Gasteiger partial charge on any atom is -0.264 e. The minimum atomic E-state index is -0.492. The molecule has 0 radical (unpaired) electrons. The summed E-state index contributed by atoms with van der Waals surface area (Å²) in [6.45, 7) is 2.16. The zero-order chi connectivity index (χ0) is 9.42. The first-order valence-electron chi connectivity index (χ1n) is 4.20. The number of nitro groups is 1. The van der Waals surface area contributed by atoms with Crippen LogP contribution in [0.15, 0.2) is 0 Å². The molecule has 13 heavy (non-hydrogen) atoms. The Bertz CT molecular complexity index is 346. The summed E-state index contributed by atoms with van der Waals surface area (Å²) in [5.41, 5.74) is 0. The minimum absolute atomic E-state index is 0.236. The van der Waals surface area contributed by atoms with Gasteiger partial charge in [-0.25, -0.2) is 9.67 Å². The maximum absolute atomic E-state index is 10.5. The Morgan fingerprint density at radius 1 is 1.69 bits per heavy atom. The Hall–Kier alpha value is -1.46. The highest BCUT2D eigenvalue weighted by atomic mass is 16.6. The molecule has 6 heteroatoms. The van der Waals surface area contributed by atoms with Crippen LogP contribution in [0.3, 0.4) is 0 Å². The highest BCUT2D eigenvalue weighted by molar-refractivity contribution is 4.95. The van der Waals surface area contributed by atoms with E-state index in [2.05, 4.69) is 10.1 Å². The molecule has 1 aromatic rings. The zero-order valence-electron chi connectivity index (χ0n) is 7.30. The van der Waals surface area contributed by atoms with Crippen molar-refractivity contribution in [3.8, 4) is 0 Å². The van der Waals surface area contributed by atoms with Crippen LogP contribution in [0.1, 0.15) is 18.1 Å². The van der Waals surface area contributed by atoms with Crippen LogP contribution in [-0.2, 0) is 13.0 Å². The molecule has 1 aliphatic rings. The summed E-state index contributed by atoms with van der Waals surface area (Å²) in [6, 6.07) is -0.492. The van der Waals surface area contributed by atoms with Crippen LogP contribution < -0.4 is 0 Å². The number of aromatic nitrogens is 3. The number of hydrogen-bond acceptors (Lipinski definition) is 4. The first-order chi connectivity index (χ1) is 6.16. The molecule has 1 atom stereocenters. The molecule has 70 valence electrons. The van der Waals surface area contributed by atoms with Crippen LogP contribution in [0.25, 0.3) is 0 Å². The van der Waals surface area contributed by atoms with Crippen LogP contribution in [0.5, 0.6) is 0 Å². The Labute approximate surface area is 74.7 Å². The van der Waals surface area contributed by atoms with Gasteiger partial charge >= 0.3 is 0 Å². The molecule has 1 aromatic heterocycles. The van der Waals surface area contributed by atoms with Gasteiger partial charge in [-0.2, -0.15) is 5.10 Å². The van der Waals surface area contributed by atoms with Crippen LogP contribution in [-0.4, -0.2) is 25.7 Å². The van der Waals surface area contributed by atoms with Crippen molar-refractivity contribution in [1.29, 1.82) is 0 Å². The summed E-state index contributed by atoms with van der Waals surface area (Å²) in [6.07, 6.45) is 1.23. The molecular formula is C7H10N4O2. The predicted octanol–water partition coefficient (Wildman–Crippen LogP) is 0.178. The van der Waals surface area contributed by atoms with Gasteiger partial charge < -0.3 is 0 Å². The van der Waals surface area contributed by atoms with Gasteiger partial charge in [-0.3, -0.25) is 10.1 Å². The quantitative estimate of drug-likeness (QED) is 0.458. The fraction of sp³-hybridized carbons (Fsp3) is 0.714. The molecule has 0 amide bonds. The van der Waals surface area contributed by atoms with Gasteiger partial charge in [-0.15, -0.1) is 0 Å². The van der Waals surface area contributed by atoms with Crippen LogP contribution in [0.2, 0.25) is 0 Å². The number of rotatable bonds is 1. The molecule has 0 aliphatic carbocycles. The standard InChI is InChI=1S/C7H10N4O2/c1-5-8-7-3-2-6(11(12)13)4-10(7)9-5/h6H,2-4H2,1H3. The van der Waals surface area contributed by atoms with E-state index in [-0.39, 0.29) is 4.92 Å². The molecule has 0 N–H and O–H groups in total. The first-order valence-corrected chi connectivity index (χ1v) is 4.20. The van der Waals surface area contributed by atoms with E-state index < -0.39 is 6.04 Å². The van der Waals surface area contributed by atoms with Crippen molar-refractivity contribution in [2.75, 3.05) is 0 Å². The molecule has 1 unspecified atom stereocenters. The van der Waals surface area contributed by atoms with E-state index >= 15 is 0 Å². The molecule has 2 heterocycles. The third kappa shape index (κ3) is 1.39. The van der Waals surface area contributed by atoms with Crippen molar-refractivity contribution in [2.45, 2.75) is 32.4 Å². The summed E-state index contributed by atoms with van der Waals surface area (Å²) in [5.74, 6) is 1.56. The molecule has 2 rings (SSSR count). The second kappa shape index (κ2) is 2.79. The highest BCUT2D eigenvalue weighted by Gasteiger charge is 2.28. The fourth-order valence-corrected chi connectivity index (χ4v) is 1.59. The Balaban J connectivity index is 2.24. The summed E-state index contributed by atoms with van der Waals surface area (Å²) in [5, 5.41) is 14.6. The van der Waals surface area contributed by atoms with E-state index in [0.29, 0.717) is 25.2 Å². The van der Waals surface area contributed by atoms with Gasteiger partial charge in [0.2, 0.25) is 6.04 Å². The molecule has 0 spiro atoms. The third-order valence-electron chi connectivity index (χ3n) is 2.24. The van der Waals surface area contributed by atoms with Crippen molar-refractivity contribution in [3.63, 3.8) is 0 Å². The van der Waals surface area contributed by atoms with E-state index in [1.54, 1.807) is 11.6 Å². The van der Waals surface area contributed by atoms with Crippen LogP contribution in [0.4, 0.5) is 0 Å². The predicted molar refractivity (Wildman–Crippen MR) is 43.9 cm³/mol. The van der Waals surface area contributed by atoms with E-state index in [1.165, 1.54) is 0 Å². The van der Waals surface area contributed by atoms with Gasteiger partial charge in [0.1, 0.15) is 18.2 Å². The van der Waals surface area contributed by atoms with E-state index in [0.717, 1.165) is 5.82 Å². The van der Waals surface area contributed by atoms with Crippen LogP contribution in [0, 0.1) is 17.0 Å². The summed E-state index contributed by atoms with van der Waals surface area (Å²) in [4.78, 5) is 14.5. The second-order valence-corrected chi connectivity index (χ2v) is 3.24. The lowest BCUT2D eigenvalue weighted by molar-refractivity contribution is -0.527.